The first-order valence-corrected chi connectivity index (χ1v) is 8.75. The number of hydrogen-bond donors (Lipinski definition) is 0. The molecule has 118 valence electrons. The fourth-order valence-electron chi connectivity index (χ4n) is 2.19. The van der Waals surface area contributed by atoms with E-state index in [1.165, 1.54) is 4.31 Å². The van der Waals surface area contributed by atoms with Crippen LogP contribution in [-0.4, -0.2) is 50.5 Å². The van der Waals surface area contributed by atoms with Gasteiger partial charge in [-0.05, 0) is 38.1 Å². The fourth-order valence-corrected chi connectivity index (χ4v) is 3.84. The maximum Gasteiger partial charge on any atom is 0.243 e. The van der Waals surface area contributed by atoms with Crippen LogP contribution in [0.2, 0.25) is 0 Å². The van der Waals surface area contributed by atoms with E-state index >= 15 is 0 Å². The van der Waals surface area contributed by atoms with E-state index < -0.39 is 15.6 Å². The first kappa shape index (κ1) is 16.5. The zero-order chi connectivity index (χ0) is 15.5. The molecule has 0 N–H and O–H groups in total. The van der Waals surface area contributed by atoms with Crippen LogP contribution >= 0.6 is 11.6 Å². The summed E-state index contributed by atoms with van der Waals surface area (Å²) in [4.78, 5) is 0.262. The Balaban J connectivity index is 2.15. The van der Waals surface area contributed by atoms with Gasteiger partial charge in [0.25, 0.3) is 0 Å². The molecule has 1 aliphatic heterocycles. The first-order chi connectivity index (χ1) is 9.85. The van der Waals surface area contributed by atoms with Crippen molar-refractivity contribution in [2.45, 2.75) is 24.3 Å². The summed E-state index contributed by atoms with van der Waals surface area (Å²) in [6.07, 6.45) is 0. The van der Waals surface area contributed by atoms with Gasteiger partial charge in [-0.25, -0.2) is 8.42 Å². The Labute approximate surface area is 130 Å². The molecular formula is C14H20ClNO4S. The number of benzene rings is 1. The molecule has 0 amide bonds. The van der Waals surface area contributed by atoms with Crippen LogP contribution in [0.3, 0.4) is 0 Å². The van der Waals surface area contributed by atoms with Crippen molar-refractivity contribution in [2.75, 3.05) is 32.2 Å². The van der Waals surface area contributed by atoms with Crippen LogP contribution in [0.5, 0.6) is 5.75 Å². The third-order valence-electron chi connectivity index (χ3n) is 3.20. The van der Waals surface area contributed by atoms with E-state index in [4.69, 9.17) is 21.1 Å². The van der Waals surface area contributed by atoms with Gasteiger partial charge >= 0.3 is 0 Å². The monoisotopic (exact) mass is 333 g/mol. The Bertz CT molecular complexity index is 571. The van der Waals surface area contributed by atoms with Crippen molar-refractivity contribution in [3.63, 3.8) is 0 Å². The molecule has 1 aromatic rings. The van der Waals surface area contributed by atoms with E-state index in [0.29, 0.717) is 37.9 Å². The van der Waals surface area contributed by atoms with Crippen LogP contribution < -0.4 is 4.74 Å². The highest BCUT2D eigenvalue weighted by atomic mass is 35.5. The molecule has 1 heterocycles. The molecule has 1 aromatic carbocycles. The lowest BCUT2D eigenvalue weighted by molar-refractivity contribution is -0.0640. The van der Waals surface area contributed by atoms with Gasteiger partial charge in [0.15, 0.2) is 0 Å². The Kier molecular flexibility index (Phi) is 5.14. The van der Waals surface area contributed by atoms with Crippen molar-refractivity contribution in [2.24, 2.45) is 0 Å². The number of halogens is 1. The number of alkyl halides is 1. The highest BCUT2D eigenvalue weighted by molar-refractivity contribution is 7.89. The molecule has 0 spiro atoms. The summed E-state index contributed by atoms with van der Waals surface area (Å²) in [7, 11) is -3.50. The highest BCUT2D eigenvalue weighted by Gasteiger charge is 2.34. The van der Waals surface area contributed by atoms with Crippen LogP contribution in [0.25, 0.3) is 0 Å². The standard InChI is InChI=1S/C14H20ClNO4S/c1-14(2)11-16(8-10-20-14)21(17,18)13-5-3-12(4-6-13)19-9-7-15/h3-6H,7-11H2,1-2H3. The Morgan fingerprint density at radius 1 is 1.33 bits per heavy atom. The van der Waals surface area contributed by atoms with Gasteiger partial charge in [-0.3, -0.25) is 0 Å². The fraction of sp³-hybridized carbons (Fsp3) is 0.571. The van der Waals surface area contributed by atoms with Crippen LogP contribution in [-0.2, 0) is 14.8 Å². The predicted molar refractivity (Wildman–Crippen MR) is 81.4 cm³/mol. The van der Waals surface area contributed by atoms with Gasteiger partial charge < -0.3 is 9.47 Å². The van der Waals surface area contributed by atoms with Crippen LogP contribution in [0.15, 0.2) is 29.2 Å². The quantitative estimate of drug-likeness (QED) is 0.774. The first-order valence-electron chi connectivity index (χ1n) is 6.78. The molecule has 0 aromatic heterocycles. The Morgan fingerprint density at radius 3 is 2.57 bits per heavy atom. The minimum atomic E-state index is -3.50. The lowest BCUT2D eigenvalue weighted by atomic mass is 10.1. The number of ether oxygens (including phenoxy) is 2. The van der Waals surface area contributed by atoms with Crippen molar-refractivity contribution in [1.82, 2.24) is 4.31 Å². The van der Waals surface area contributed by atoms with E-state index in [9.17, 15) is 8.42 Å². The molecule has 1 fully saturated rings. The Hall–Kier alpha value is -0.820. The lowest BCUT2D eigenvalue weighted by Crippen LogP contribution is -2.50. The van der Waals surface area contributed by atoms with Gasteiger partial charge in [-0.15, -0.1) is 11.6 Å². The predicted octanol–water partition coefficient (Wildman–Crippen LogP) is 2.10. The highest BCUT2D eigenvalue weighted by Crippen LogP contribution is 2.24. The summed E-state index contributed by atoms with van der Waals surface area (Å²) < 4.78 is 37.6. The summed E-state index contributed by atoms with van der Waals surface area (Å²) in [6.45, 7) is 5.29. The van der Waals surface area contributed by atoms with Crippen molar-refractivity contribution >= 4 is 21.6 Å². The third-order valence-corrected chi connectivity index (χ3v) is 5.21. The number of morpholine rings is 1. The van der Waals surface area contributed by atoms with Crippen LogP contribution in [0.4, 0.5) is 0 Å². The summed E-state index contributed by atoms with van der Waals surface area (Å²) >= 11 is 5.54. The average Bonchev–Trinajstić information content (AvgIpc) is 2.44. The van der Waals surface area contributed by atoms with Gasteiger partial charge in [-0.1, -0.05) is 0 Å². The summed E-state index contributed by atoms with van der Waals surface area (Å²) in [6, 6.07) is 6.40. The van der Waals surface area contributed by atoms with Crippen LogP contribution in [0.1, 0.15) is 13.8 Å². The molecule has 2 rings (SSSR count). The van der Waals surface area contributed by atoms with E-state index in [1.807, 2.05) is 13.8 Å². The van der Waals surface area contributed by atoms with Crippen molar-refractivity contribution in [1.29, 1.82) is 0 Å². The van der Waals surface area contributed by atoms with Crippen molar-refractivity contribution in [3.8, 4) is 5.75 Å². The molecule has 7 heteroatoms. The molecule has 5 nitrogen and oxygen atoms in total. The van der Waals surface area contributed by atoms with Crippen molar-refractivity contribution in [3.05, 3.63) is 24.3 Å². The number of sulfonamides is 1. The maximum absolute atomic E-state index is 12.6. The van der Waals surface area contributed by atoms with Gasteiger partial charge in [0.2, 0.25) is 10.0 Å². The molecule has 0 saturated carbocycles. The van der Waals surface area contributed by atoms with Crippen molar-refractivity contribution < 1.29 is 17.9 Å². The van der Waals surface area contributed by atoms with Gasteiger partial charge in [0, 0.05) is 13.1 Å². The SMILES string of the molecule is CC1(C)CN(S(=O)(=O)c2ccc(OCCCl)cc2)CCO1. The second kappa shape index (κ2) is 6.52. The van der Waals surface area contributed by atoms with Gasteiger partial charge in [-0.2, -0.15) is 4.31 Å². The molecule has 1 saturated heterocycles. The second-order valence-electron chi connectivity index (χ2n) is 5.46. The number of hydrogen-bond acceptors (Lipinski definition) is 4. The molecule has 0 atom stereocenters. The average molecular weight is 334 g/mol. The third kappa shape index (κ3) is 4.10. The Morgan fingerprint density at radius 2 is 2.00 bits per heavy atom. The van der Waals surface area contributed by atoms with Gasteiger partial charge in [0.1, 0.15) is 12.4 Å². The summed E-state index contributed by atoms with van der Waals surface area (Å²) in [5.41, 5.74) is -0.464. The summed E-state index contributed by atoms with van der Waals surface area (Å²) in [5, 5.41) is 0. The smallest absolute Gasteiger partial charge is 0.243 e. The molecule has 0 radical (unpaired) electrons. The molecule has 0 unspecified atom stereocenters. The van der Waals surface area contributed by atoms with E-state index in [-0.39, 0.29) is 4.90 Å². The number of rotatable bonds is 5. The van der Waals surface area contributed by atoms with E-state index in [0.717, 1.165) is 0 Å². The molecule has 0 aliphatic carbocycles. The van der Waals surface area contributed by atoms with Gasteiger partial charge in [0.05, 0.1) is 23.0 Å². The topological polar surface area (TPSA) is 55.8 Å². The van der Waals surface area contributed by atoms with Crippen LogP contribution in [0, 0.1) is 0 Å². The zero-order valence-corrected chi connectivity index (χ0v) is 13.8. The number of nitrogens with zero attached hydrogens (tertiary/aromatic N) is 1. The molecule has 21 heavy (non-hydrogen) atoms. The van der Waals surface area contributed by atoms with E-state index in [2.05, 4.69) is 0 Å². The largest absolute Gasteiger partial charge is 0.492 e. The van der Waals surface area contributed by atoms with E-state index in [1.54, 1.807) is 24.3 Å². The lowest BCUT2D eigenvalue weighted by Gasteiger charge is -2.37. The minimum absolute atomic E-state index is 0.262. The molecular weight excluding hydrogens is 314 g/mol. The summed E-state index contributed by atoms with van der Waals surface area (Å²) in [5.74, 6) is 1.00. The molecule has 1 aliphatic rings. The second-order valence-corrected chi connectivity index (χ2v) is 7.77. The zero-order valence-electron chi connectivity index (χ0n) is 12.2. The molecule has 0 bridgehead atoms. The normalized spacial score (nSPS) is 19.4. The minimum Gasteiger partial charge on any atom is -0.492 e. The maximum atomic E-state index is 12.6.